The van der Waals surface area contributed by atoms with Crippen LogP contribution >= 0.6 is 11.8 Å². The lowest BCUT2D eigenvalue weighted by molar-refractivity contribution is -0.825. The summed E-state index contributed by atoms with van der Waals surface area (Å²) in [5.74, 6) is 0.607. The largest absolute Gasteiger partial charge is 0.374 e. The number of rotatable bonds is 3. The molecule has 2 N–H and O–H groups in total. The van der Waals surface area contributed by atoms with Crippen LogP contribution in [-0.2, 0) is 4.79 Å². The Morgan fingerprint density at radius 2 is 2.00 bits per heavy atom. The smallest absolute Gasteiger partial charge is 0.355 e. The number of piperazine rings is 1. The third-order valence-electron chi connectivity index (χ3n) is 2.71. The summed E-state index contributed by atoms with van der Waals surface area (Å²) in [7, 11) is 1.98. The van der Waals surface area contributed by atoms with E-state index in [1.54, 1.807) is 0 Å². The number of hydrogen-bond acceptors (Lipinski definition) is 4. The van der Waals surface area contributed by atoms with E-state index in [0.29, 0.717) is 16.8 Å². The molecule has 0 aromatic carbocycles. The third-order valence-corrected chi connectivity index (χ3v) is 3.80. The lowest BCUT2D eigenvalue weighted by atomic mass is 10.3. The minimum atomic E-state index is -0.0457. The molecule has 1 rings (SSSR count). The Bertz CT molecular complexity index is 265. The van der Waals surface area contributed by atoms with E-state index in [2.05, 4.69) is 10.6 Å². The highest BCUT2D eigenvalue weighted by atomic mass is 32.2. The number of nitrogens with one attached hydrogen (secondary N) is 2. The van der Waals surface area contributed by atoms with Gasteiger partial charge in [0, 0.05) is 32.3 Å². The molecule has 6 heteroatoms. The molecule has 0 atom stereocenters. The number of carbonyl (C=O) groups excluding carboxylic acids is 2. The van der Waals surface area contributed by atoms with Crippen LogP contribution in [0.15, 0.2) is 0 Å². The van der Waals surface area contributed by atoms with Crippen molar-refractivity contribution in [2.75, 3.05) is 45.5 Å². The molecule has 16 heavy (non-hydrogen) atoms. The zero-order valence-corrected chi connectivity index (χ0v) is 10.7. The number of quaternary nitrogens is 1. The summed E-state index contributed by atoms with van der Waals surface area (Å²) in [6.07, 6.45) is 0. The fraction of sp³-hybridized carbons (Fsp3) is 0.800. The molecule has 1 heterocycles. The predicted octanol–water partition coefficient (Wildman–Crippen LogP) is 0.0255. The van der Waals surface area contributed by atoms with Crippen molar-refractivity contribution in [2.24, 2.45) is 0 Å². The number of likely N-dealkylation sites (N-methyl/N-ethyl adjacent to an activating group) is 1. The van der Waals surface area contributed by atoms with Gasteiger partial charge in [-0.1, -0.05) is 0 Å². The van der Waals surface area contributed by atoms with Gasteiger partial charge < -0.3 is 10.6 Å². The zero-order valence-electron chi connectivity index (χ0n) is 9.91. The standard InChI is InChI=1S/C10H19N3O2S/c1-9(14)12-5-8-16-10(15)13(2)6-3-11-4-7-13/h11H,3-8H2,1-2H3/p+1. The van der Waals surface area contributed by atoms with Gasteiger partial charge in [0.25, 0.3) is 0 Å². The summed E-state index contributed by atoms with van der Waals surface area (Å²) >= 11 is 1.31. The Hall–Kier alpha value is -0.590. The van der Waals surface area contributed by atoms with Crippen LogP contribution in [0.2, 0.25) is 0 Å². The van der Waals surface area contributed by atoms with Crippen LogP contribution in [0, 0.1) is 0 Å². The molecular weight excluding hydrogens is 226 g/mol. The highest BCUT2D eigenvalue weighted by Crippen LogP contribution is 2.16. The average molecular weight is 246 g/mol. The summed E-state index contributed by atoms with van der Waals surface area (Å²) in [6, 6.07) is 0. The summed E-state index contributed by atoms with van der Waals surface area (Å²) in [5, 5.41) is 6.13. The Labute approximate surface area is 101 Å². The summed E-state index contributed by atoms with van der Waals surface area (Å²) < 4.78 is 0.498. The molecule has 1 saturated heterocycles. The maximum Gasteiger partial charge on any atom is 0.374 e. The number of hydrogen-bond donors (Lipinski definition) is 2. The molecule has 0 saturated carbocycles. The summed E-state index contributed by atoms with van der Waals surface area (Å²) in [6.45, 7) is 5.54. The Kier molecular flexibility index (Phi) is 5.24. The van der Waals surface area contributed by atoms with Crippen molar-refractivity contribution < 1.29 is 14.1 Å². The lowest BCUT2D eigenvalue weighted by Gasteiger charge is -2.34. The predicted molar refractivity (Wildman–Crippen MR) is 65.3 cm³/mol. The molecule has 1 aliphatic rings. The van der Waals surface area contributed by atoms with Crippen LogP contribution < -0.4 is 10.6 Å². The minimum absolute atomic E-state index is 0.0457. The van der Waals surface area contributed by atoms with Crippen LogP contribution in [0.1, 0.15) is 6.92 Å². The molecule has 0 spiro atoms. The van der Waals surface area contributed by atoms with E-state index in [1.807, 2.05) is 7.05 Å². The first kappa shape index (κ1) is 13.5. The van der Waals surface area contributed by atoms with Crippen molar-refractivity contribution >= 4 is 22.9 Å². The SMILES string of the molecule is CC(=O)NCCSC(=O)[N+]1(C)CCNCC1. The van der Waals surface area contributed by atoms with Crippen molar-refractivity contribution in [1.82, 2.24) is 10.6 Å². The Morgan fingerprint density at radius 1 is 1.38 bits per heavy atom. The zero-order chi connectivity index (χ0) is 12.0. The maximum atomic E-state index is 12.0. The van der Waals surface area contributed by atoms with Crippen LogP contribution in [-0.4, -0.2) is 61.2 Å². The van der Waals surface area contributed by atoms with Crippen LogP contribution in [0.25, 0.3) is 0 Å². The van der Waals surface area contributed by atoms with Crippen molar-refractivity contribution in [1.29, 1.82) is 0 Å². The molecule has 2 amide bonds. The second-order valence-corrected chi connectivity index (χ2v) is 5.24. The highest BCUT2D eigenvalue weighted by Gasteiger charge is 2.33. The molecule has 0 aromatic rings. The molecule has 0 aliphatic carbocycles. The van der Waals surface area contributed by atoms with Gasteiger partial charge in [-0.05, 0) is 11.8 Å². The van der Waals surface area contributed by atoms with Crippen LogP contribution in [0.5, 0.6) is 0 Å². The number of nitrogens with zero attached hydrogens (tertiary/aromatic N) is 1. The van der Waals surface area contributed by atoms with E-state index < -0.39 is 0 Å². The van der Waals surface area contributed by atoms with Gasteiger partial charge >= 0.3 is 5.24 Å². The van der Waals surface area contributed by atoms with E-state index in [9.17, 15) is 9.59 Å². The molecule has 1 aliphatic heterocycles. The van der Waals surface area contributed by atoms with E-state index in [-0.39, 0.29) is 11.1 Å². The van der Waals surface area contributed by atoms with E-state index in [0.717, 1.165) is 26.2 Å². The van der Waals surface area contributed by atoms with Gasteiger partial charge in [-0.15, -0.1) is 0 Å². The maximum absolute atomic E-state index is 12.0. The normalized spacial score (nSPS) is 19.1. The van der Waals surface area contributed by atoms with Gasteiger partial charge in [0.1, 0.15) is 0 Å². The Morgan fingerprint density at radius 3 is 2.56 bits per heavy atom. The van der Waals surface area contributed by atoms with Crippen molar-refractivity contribution in [2.45, 2.75) is 6.92 Å². The van der Waals surface area contributed by atoms with Gasteiger partial charge in [0.05, 0.1) is 20.1 Å². The summed E-state index contributed by atoms with van der Waals surface area (Å²) in [4.78, 5) is 22.6. The van der Waals surface area contributed by atoms with E-state index in [4.69, 9.17) is 0 Å². The fourth-order valence-electron chi connectivity index (χ4n) is 1.59. The highest BCUT2D eigenvalue weighted by molar-refractivity contribution is 8.13. The Balaban J connectivity index is 2.25. The van der Waals surface area contributed by atoms with Crippen molar-refractivity contribution in [3.05, 3.63) is 0 Å². The van der Waals surface area contributed by atoms with Gasteiger partial charge in [-0.2, -0.15) is 0 Å². The van der Waals surface area contributed by atoms with Gasteiger partial charge in [-0.25, -0.2) is 4.79 Å². The van der Waals surface area contributed by atoms with Crippen molar-refractivity contribution in [3.63, 3.8) is 0 Å². The third kappa shape index (κ3) is 4.11. The molecule has 92 valence electrons. The van der Waals surface area contributed by atoms with Crippen LogP contribution in [0.3, 0.4) is 0 Å². The number of thioether (sulfide) groups is 1. The number of carbonyl (C=O) groups is 2. The molecule has 0 unspecified atom stereocenters. The molecule has 0 aromatic heterocycles. The van der Waals surface area contributed by atoms with Gasteiger partial charge in [0.15, 0.2) is 0 Å². The van der Waals surface area contributed by atoms with E-state index >= 15 is 0 Å². The monoisotopic (exact) mass is 246 g/mol. The second-order valence-electron chi connectivity index (χ2n) is 4.19. The quantitative estimate of drug-likeness (QED) is 0.545. The van der Waals surface area contributed by atoms with Gasteiger partial charge in [-0.3, -0.25) is 9.28 Å². The van der Waals surface area contributed by atoms with Crippen molar-refractivity contribution in [3.8, 4) is 0 Å². The first-order valence-electron chi connectivity index (χ1n) is 5.51. The number of amides is 2. The second kappa shape index (κ2) is 6.22. The minimum Gasteiger partial charge on any atom is -0.355 e. The van der Waals surface area contributed by atoms with Gasteiger partial charge in [0.2, 0.25) is 5.91 Å². The fourth-order valence-corrected chi connectivity index (χ4v) is 2.47. The first-order chi connectivity index (χ1) is 7.54. The lowest BCUT2D eigenvalue weighted by Crippen LogP contribution is -2.58. The molecule has 0 radical (unpaired) electrons. The average Bonchev–Trinajstić information content (AvgIpc) is 2.25. The van der Waals surface area contributed by atoms with Crippen LogP contribution in [0.4, 0.5) is 4.79 Å². The molecule has 5 nitrogen and oxygen atoms in total. The summed E-state index contributed by atoms with van der Waals surface area (Å²) in [5.41, 5.74) is 0. The molecular formula is C10H20N3O2S+. The molecule has 0 bridgehead atoms. The first-order valence-corrected chi connectivity index (χ1v) is 6.50. The molecule has 1 fully saturated rings. The van der Waals surface area contributed by atoms with E-state index in [1.165, 1.54) is 18.7 Å². The topological polar surface area (TPSA) is 58.2 Å².